The van der Waals surface area contributed by atoms with Crippen molar-refractivity contribution in [3.8, 4) is 5.75 Å². The van der Waals surface area contributed by atoms with Crippen molar-refractivity contribution in [2.75, 3.05) is 5.32 Å². The highest BCUT2D eigenvalue weighted by Gasteiger charge is 2.70. The predicted molar refractivity (Wildman–Crippen MR) is 117 cm³/mol. The molecule has 32 heavy (non-hydrogen) atoms. The molecule has 6 rings (SSSR count). The quantitative estimate of drug-likeness (QED) is 0.648. The zero-order valence-corrected chi connectivity index (χ0v) is 17.6. The molecule has 3 fully saturated rings. The van der Waals surface area contributed by atoms with Gasteiger partial charge in [-0.3, -0.25) is 24.6 Å². The van der Waals surface area contributed by atoms with Crippen LogP contribution < -0.4 is 10.6 Å². The average molecular weight is 431 g/mol. The zero-order valence-electron chi connectivity index (χ0n) is 17.6. The Hall–Kier alpha value is -3.19. The standard InChI is InChI=1S/C25H25N3O4/c29-16-11-9-14(10-12-16)13-19-20-21(23(31)28(22(20)30)15-5-1-2-6-15)25(27-19)17-7-3-4-8-18(17)26-24(25)32/h3-4,7-12,15,19-21,27,29H,1-2,5-6,13H2,(H,26,32)/t19-,20-,21-,25+/m1/s1. The van der Waals surface area contributed by atoms with Crippen molar-refractivity contribution in [3.63, 3.8) is 0 Å². The maximum atomic E-state index is 13.8. The summed E-state index contributed by atoms with van der Waals surface area (Å²) in [5.74, 6) is -1.84. The molecule has 0 aromatic heterocycles. The maximum Gasteiger partial charge on any atom is 0.250 e. The molecule has 4 aliphatic rings. The van der Waals surface area contributed by atoms with Crippen LogP contribution in [0.15, 0.2) is 48.5 Å². The average Bonchev–Trinajstić information content (AvgIpc) is 3.52. The molecule has 3 aliphatic heterocycles. The van der Waals surface area contributed by atoms with Gasteiger partial charge in [0.15, 0.2) is 0 Å². The van der Waals surface area contributed by atoms with E-state index in [0.29, 0.717) is 12.1 Å². The van der Waals surface area contributed by atoms with Crippen LogP contribution >= 0.6 is 0 Å². The molecule has 1 saturated carbocycles. The Kier molecular flexibility index (Phi) is 4.21. The van der Waals surface area contributed by atoms with Crippen molar-refractivity contribution in [2.45, 2.75) is 49.7 Å². The van der Waals surface area contributed by atoms with Gasteiger partial charge in [-0.1, -0.05) is 43.2 Å². The molecular formula is C25H25N3O4. The van der Waals surface area contributed by atoms with E-state index in [0.717, 1.165) is 36.8 Å². The Bertz CT molecular complexity index is 1120. The van der Waals surface area contributed by atoms with Gasteiger partial charge in [0.2, 0.25) is 17.7 Å². The fourth-order valence-electron chi connectivity index (χ4n) is 6.36. The van der Waals surface area contributed by atoms with Crippen LogP contribution in [0, 0.1) is 11.8 Å². The molecule has 7 nitrogen and oxygen atoms in total. The normalized spacial score (nSPS) is 31.4. The number of fused-ring (bicyclic) bond motifs is 4. The number of imide groups is 1. The number of hydrogen-bond donors (Lipinski definition) is 3. The SMILES string of the molecule is O=C1[C@@H]2[C@@H](Cc3ccc(O)cc3)N[C@]3(C(=O)Nc4ccccc43)[C@H]2C(=O)N1C1CCCC1. The van der Waals surface area contributed by atoms with Crippen LogP contribution in [0.1, 0.15) is 36.8 Å². The van der Waals surface area contributed by atoms with E-state index in [2.05, 4.69) is 10.6 Å². The van der Waals surface area contributed by atoms with Gasteiger partial charge in [-0.2, -0.15) is 0 Å². The molecule has 2 aromatic rings. The minimum absolute atomic E-state index is 0.0633. The lowest BCUT2D eigenvalue weighted by atomic mass is 9.76. The van der Waals surface area contributed by atoms with Crippen LogP contribution in [0.3, 0.4) is 0 Å². The summed E-state index contributed by atoms with van der Waals surface area (Å²) in [6, 6.07) is 13.8. The molecule has 1 aliphatic carbocycles. The molecule has 3 amide bonds. The van der Waals surface area contributed by atoms with E-state index >= 15 is 0 Å². The summed E-state index contributed by atoms with van der Waals surface area (Å²) in [5.41, 5.74) is 1.11. The molecule has 0 bridgehead atoms. The van der Waals surface area contributed by atoms with E-state index in [9.17, 15) is 19.5 Å². The van der Waals surface area contributed by atoms with Crippen LogP contribution in [-0.2, 0) is 26.3 Å². The van der Waals surface area contributed by atoms with Crippen LogP contribution in [-0.4, -0.2) is 39.8 Å². The van der Waals surface area contributed by atoms with E-state index in [-0.39, 0.29) is 35.6 Å². The Morgan fingerprint density at radius 1 is 0.969 bits per heavy atom. The highest BCUT2D eigenvalue weighted by atomic mass is 16.3. The third-order valence-electron chi connectivity index (χ3n) is 7.74. The summed E-state index contributed by atoms with van der Waals surface area (Å²) in [6.45, 7) is 0. The Morgan fingerprint density at radius 2 is 1.69 bits per heavy atom. The van der Waals surface area contributed by atoms with Gasteiger partial charge < -0.3 is 10.4 Å². The third kappa shape index (κ3) is 2.54. The number of amides is 3. The summed E-state index contributed by atoms with van der Waals surface area (Å²) in [4.78, 5) is 42.4. The second kappa shape index (κ2) is 6.90. The molecular weight excluding hydrogens is 406 g/mol. The van der Waals surface area contributed by atoms with Crippen molar-refractivity contribution in [3.05, 3.63) is 59.7 Å². The van der Waals surface area contributed by atoms with E-state index in [4.69, 9.17) is 0 Å². The number of hydrogen-bond acceptors (Lipinski definition) is 5. The van der Waals surface area contributed by atoms with Gasteiger partial charge in [-0.25, -0.2) is 0 Å². The molecule has 164 valence electrons. The predicted octanol–water partition coefficient (Wildman–Crippen LogP) is 2.30. The number of carbonyl (C=O) groups is 3. The van der Waals surface area contributed by atoms with Crippen molar-refractivity contribution >= 4 is 23.4 Å². The number of anilines is 1. The Morgan fingerprint density at radius 3 is 2.44 bits per heavy atom. The monoisotopic (exact) mass is 431 g/mol. The number of nitrogens with zero attached hydrogens (tertiary/aromatic N) is 1. The van der Waals surface area contributed by atoms with Gasteiger partial charge in [0.05, 0.1) is 11.8 Å². The first-order valence-corrected chi connectivity index (χ1v) is 11.3. The number of aromatic hydroxyl groups is 1. The van der Waals surface area contributed by atoms with Gasteiger partial charge in [0.25, 0.3) is 0 Å². The lowest BCUT2D eigenvalue weighted by Gasteiger charge is -2.31. The van der Waals surface area contributed by atoms with Crippen LogP contribution in [0.5, 0.6) is 5.75 Å². The summed E-state index contributed by atoms with van der Waals surface area (Å²) in [5, 5.41) is 16.0. The minimum atomic E-state index is -1.25. The molecule has 0 unspecified atom stereocenters. The van der Waals surface area contributed by atoms with Gasteiger partial charge in [0, 0.05) is 23.3 Å². The van der Waals surface area contributed by atoms with Gasteiger partial charge >= 0.3 is 0 Å². The van der Waals surface area contributed by atoms with Crippen LogP contribution in [0.2, 0.25) is 0 Å². The second-order valence-electron chi connectivity index (χ2n) is 9.42. The zero-order chi connectivity index (χ0) is 22.0. The Labute approximate surface area is 185 Å². The van der Waals surface area contributed by atoms with Crippen LogP contribution in [0.4, 0.5) is 5.69 Å². The number of carbonyl (C=O) groups excluding carboxylic acids is 3. The number of para-hydroxylation sites is 1. The topological polar surface area (TPSA) is 98.7 Å². The lowest BCUT2D eigenvalue weighted by Crippen LogP contribution is -2.54. The molecule has 3 N–H and O–H groups in total. The van der Waals surface area contributed by atoms with Crippen molar-refractivity contribution in [1.29, 1.82) is 0 Å². The highest BCUT2D eigenvalue weighted by Crippen LogP contribution is 2.54. The summed E-state index contributed by atoms with van der Waals surface area (Å²) >= 11 is 0. The number of phenols is 1. The van der Waals surface area contributed by atoms with Gasteiger partial charge in [-0.15, -0.1) is 0 Å². The van der Waals surface area contributed by atoms with Gasteiger partial charge in [-0.05, 0) is 43.0 Å². The fraction of sp³-hybridized carbons (Fsp3) is 0.400. The molecule has 2 saturated heterocycles. The summed E-state index contributed by atoms with van der Waals surface area (Å²) in [7, 11) is 0. The summed E-state index contributed by atoms with van der Waals surface area (Å²) < 4.78 is 0. The molecule has 3 heterocycles. The first-order valence-electron chi connectivity index (χ1n) is 11.3. The largest absolute Gasteiger partial charge is 0.508 e. The second-order valence-corrected chi connectivity index (χ2v) is 9.42. The number of benzene rings is 2. The summed E-state index contributed by atoms with van der Waals surface area (Å²) in [6.07, 6.45) is 4.18. The molecule has 7 heteroatoms. The van der Waals surface area contributed by atoms with Crippen molar-refractivity contribution in [2.24, 2.45) is 11.8 Å². The van der Waals surface area contributed by atoms with Crippen molar-refractivity contribution < 1.29 is 19.5 Å². The van der Waals surface area contributed by atoms with E-state index in [1.165, 1.54) is 4.90 Å². The number of rotatable bonds is 3. The van der Waals surface area contributed by atoms with E-state index < -0.39 is 17.4 Å². The van der Waals surface area contributed by atoms with Gasteiger partial charge in [0.1, 0.15) is 11.3 Å². The van der Waals surface area contributed by atoms with Crippen LogP contribution in [0.25, 0.3) is 0 Å². The fourth-order valence-corrected chi connectivity index (χ4v) is 6.36. The molecule has 2 aromatic carbocycles. The maximum absolute atomic E-state index is 13.8. The molecule has 1 spiro atoms. The van der Waals surface area contributed by atoms with Crippen molar-refractivity contribution in [1.82, 2.24) is 10.2 Å². The highest BCUT2D eigenvalue weighted by molar-refractivity contribution is 6.15. The number of phenolic OH excluding ortho intramolecular Hbond substituents is 1. The third-order valence-corrected chi connectivity index (χ3v) is 7.74. The minimum Gasteiger partial charge on any atom is -0.508 e. The number of likely N-dealkylation sites (tertiary alicyclic amines) is 1. The smallest absolute Gasteiger partial charge is 0.250 e. The van der Waals surface area contributed by atoms with E-state index in [1.54, 1.807) is 12.1 Å². The Balaban J connectivity index is 1.46. The lowest BCUT2D eigenvalue weighted by molar-refractivity contribution is -0.145. The number of nitrogens with one attached hydrogen (secondary N) is 2. The van der Waals surface area contributed by atoms with E-state index in [1.807, 2.05) is 36.4 Å². The molecule has 0 radical (unpaired) electrons. The first-order chi connectivity index (χ1) is 15.5. The first kappa shape index (κ1) is 19.5. The molecule has 4 atom stereocenters.